The molecule has 3 aliphatic carbocycles. The molecule has 3 fully saturated rings. The van der Waals surface area contributed by atoms with Gasteiger partial charge in [0.15, 0.2) is 0 Å². The van der Waals surface area contributed by atoms with Gasteiger partial charge in [0.1, 0.15) is 0 Å². The Labute approximate surface area is 112 Å². The Morgan fingerprint density at radius 3 is 2.37 bits per heavy atom. The van der Waals surface area contributed by atoms with Gasteiger partial charge in [-0.2, -0.15) is 0 Å². The van der Waals surface area contributed by atoms with Gasteiger partial charge in [-0.3, -0.25) is 9.59 Å². The maximum absolute atomic E-state index is 12.3. The van der Waals surface area contributed by atoms with Crippen LogP contribution in [0.1, 0.15) is 38.5 Å². The number of hydrogen-bond donors (Lipinski definition) is 3. The lowest BCUT2D eigenvalue weighted by Crippen LogP contribution is -2.47. The van der Waals surface area contributed by atoms with Crippen LogP contribution in [0.2, 0.25) is 0 Å². The Kier molecular flexibility index (Phi) is 3.25. The van der Waals surface area contributed by atoms with Gasteiger partial charge < -0.3 is 16.2 Å². The van der Waals surface area contributed by atoms with Crippen LogP contribution >= 0.6 is 0 Å². The SMILES string of the molecule is NC1C2CCC(C2)C1C(=O)NC1CCC(C(=O)O)C1. The van der Waals surface area contributed by atoms with Crippen molar-refractivity contribution in [3.8, 4) is 0 Å². The number of hydrogen-bond acceptors (Lipinski definition) is 3. The number of carbonyl (C=O) groups is 2. The minimum Gasteiger partial charge on any atom is -0.481 e. The highest BCUT2D eigenvalue weighted by Gasteiger charge is 2.49. The summed E-state index contributed by atoms with van der Waals surface area (Å²) in [6, 6.07) is 0.0374. The van der Waals surface area contributed by atoms with Gasteiger partial charge in [-0.15, -0.1) is 0 Å². The predicted molar refractivity (Wildman–Crippen MR) is 69.2 cm³/mol. The molecule has 0 aromatic carbocycles. The van der Waals surface area contributed by atoms with E-state index in [0.717, 1.165) is 19.3 Å². The van der Waals surface area contributed by atoms with Gasteiger partial charge >= 0.3 is 5.97 Å². The van der Waals surface area contributed by atoms with Gasteiger partial charge in [0, 0.05) is 12.1 Å². The van der Waals surface area contributed by atoms with Crippen molar-refractivity contribution in [2.75, 3.05) is 0 Å². The Morgan fingerprint density at radius 1 is 1.05 bits per heavy atom. The van der Waals surface area contributed by atoms with Crippen molar-refractivity contribution >= 4 is 11.9 Å². The first-order chi connectivity index (χ1) is 9.06. The molecule has 3 rings (SSSR count). The average molecular weight is 266 g/mol. The number of nitrogens with one attached hydrogen (secondary N) is 1. The zero-order chi connectivity index (χ0) is 13.6. The molecule has 0 spiro atoms. The Bertz CT molecular complexity index is 396. The topological polar surface area (TPSA) is 92.4 Å². The van der Waals surface area contributed by atoms with E-state index >= 15 is 0 Å². The first kappa shape index (κ1) is 12.9. The van der Waals surface area contributed by atoms with E-state index in [0.29, 0.717) is 24.7 Å². The minimum absolute atomic E-state index is 0.00965. The van der Waals surface area contributed by atoms with Crippen LogP contribution in [0.25, 0.3) is 0 Å². The van der Waals surface area contributed by atoms with Crippen molar-refractivity contribution in [3.05, 3.63) is 0 Å². The fraction of sp³-hybridized carbons (Fsp3) is 0.857. The molecule has 106 valence electrons. The fourth-order valence-corrected chi connectivity index (χ4v) is 4.36. The zero-order valence-electron chi connectivity index (χ0n) is 11.0. The summed E-state index contributed by atoms with van der Waals surface area (Å²) >= 11 is 0. The molecule has 4 N–H and O–H groups in total. The summed E-state index contributed by atoms with van der Waals surface area (Å²) in [6.45, 7) is 0. The Morgan fingerprint density at radius 2 is 1.79 bits per heavy atom. The maximum atomic E-state index is 12.3. The highest BCUT2D eigenvalue weighted by atomic mass is 16.4. The maximum Gasteiger partial charge on any atom is 0.306 e. The third-order valence-electron chi connectivity index (χ3n) is 5.41. The van der Waals surface area contributed by atoms with E-state index in [2.05, 4.69) is 5.32 Å². The molecular formula is C14H22N2O3. The smallest absolute Gasteiger partial charge is 0.306 e. The number of nitrogens with two attached hydrogens (primary N) is 1. The molecule has 0 radical (unpaired) electrons. The molecule has 0 aromatic heterocycles. The summed E-state index contributed by atoms with van der Waals surface area (Å²) in [5.74, 6) is -0.0292. The molecular weight excluding hydrogens is 244 g/mol. The standard InChI is InChI=1S/C14H22N2O3/c15-12-8-2-1-7(5-8)11(12)13(17)16-10-4-3-9(6-10)14(18)19/h7-12H,1-6,15H2,(H,16,17)(H,18,19). The molecule has 19 heavy (non-hydrogen) atoms. The molecule has 3 saturated carbocycles. The molecule has 2 bridgehead atoms. The summed E-state index contributed by atoms with van der Waals surface area (Å²) in [5, 5.41) is 12.0. The zero-order valence-corrected chi connectivity index (χ0v) is 11.0. The lowest BCUT2D eigenvalue weighted by Gasteiger charge is -2.28. The predicted octanol–water partition coefficient (Wildman–Crippen LogP) is 0.729. The number of fused-ring (bicyclic) bond motifs is 2. The van der Waals surface area contributed by atoms with Gasteiger partial charge in [-0.1, -0.05) is 0 Å². The molecule has 0 aliphatic heterocycles. The number of rotatable bonds is 3. The van der Waals surface area contributed by atoms with Crippen LogP contribution < -0.4 is 11.1 Å². The van der Waals surface area contributed by atoms with Gasteiger partial charge in [0.2, 0.25) is 5.91 Å². The quantitative estimate of drug-likeness (QED) is 0.702. The molecule has 5 nitrogen and oxygen atoms in total. The lowest BCUT2D eigenvalue weighted by molar-refractivity contribution is -0.141. The summed E-state index contributed by atoms with van der Waals surface area (Å²) in [4.78, 5) is 23.3. The van der Waals surface area contributed by atoms with E-state index in [1.54, 1.807) is 0 Å². The van der Waals surface area contributed by atoms with Crippen LogP contribution in [0.15, 0.2) is 0 Å². The van der Waals surface area contributed by atoms with Crippen LogP contribution in [-0.4, -0.2) is 29.1 Å². The van der Waals surface area contributed by atoms with Crippen molar-refractivity contribution in [2.45, 2.75) is 50.6 Å². The average Bonchev–Trinajstić information content (AvgIpc) is 3.02. The second-order valence-corrected chi connectivity index (χ2v) is 6.49. The van der Waals surface area contributed by atoms with Crippen molar-refractivity contribution in [3.63, 3.8) is 0 Å². The van der Waals surface area contributed by atoms with Crippen LogP contribution in [-0.2, 0) is 9.59 Å². The number of aliphatic carboxylic acids is 1. The minimum atomic E-state index is -0.742. The molecule has 3 aliphatic rings. The third kappa shape index (κ3) is 2.24. The van der Waals surface area contributed by atoms with Crippen LogP contribution in [0, 0.1) is 23.7 Å². The van der Waals surface area contributed by atoms with E-state index < -0.39 is 5.97 Å². The molecule has 0 aromatic rings. The fourth-order valence-electron chi connectivity index (χ4n) is 4.36. The normalized spacial score (nSPS) is 44.5. The second-order valence-electron chi connectivity index (χ2n) is 6.49. The largest absolute Gasteiger partial charge is 0.481 e. The third-order valence-corrected chi connectivity index (χ3v) is 5.41. The Balaban J connectivity index is 1.56. The van der Waals surface area contributed by atoms with E-state index in [4.69, 9.17) is 10.8 Å². The van der Waals surface area contributed by atoms with Crippen LogP contribution in [0.3, 0.4) is 0 Å². The first-order valence-corrected chi connectivity index (χ1v) is 7.35. The monoisotopic (exact) mass is 266 g/mol. The lowest BCUT2D eigenvalue weighted by atomic mass is 9.84. The number of amides is 1. The molecule has 6 unspecified atom stereocenters. The van der Waals surface area contributed by atoms with Gasteiger partial charge in [-0.25, -0.2) is 0 Å². The summed E-state index contributed by atoms with van der Waals surface area (Å²) in [6.07, 6.45) is 5.40. The first-order valence-electron chi connectivity index (χ1n) is 7.35. The van der Waals surface area contributed by atoms with Crippen LogP contribution in [0.4, 0.5) is 0 Å². The van der Waals surface area contributed by atoms with Crippen LogP contribution in [0.5, 0.6) is 0 Å². The van der Waals surface area contributed by atoms with Gasteiger partial charge in [0.05, 0.1) is 11.8 Å². The molecule has 1 amide bonds. The van der Waals surface area contributed by atoms with Crippen molar-refractivity contribution in [1.82, 2.24) is 5.32 Å². The van der Waals surface area contributed by atoms with Gasteiger partial charge in [-0.05, 0) is 50.4 Å². The van der Waals surface area contributed by atoms with E-state index in [1.165, 1.54) is 6.42 Å². The van der Waals surface area contributed by atoms with Crippen molar-refractivity contribution < 1.29 is 14.7 Å². The molecule has 6 atom stereocenters. The number of carboxylic acids is 1. The summed E-state index contributed by atoms with van der Waals surface area (Å²) in [5.41, 5.74) is 6.16. The molecule has 0 heterocycles. The Hall–Kier alpha value is -1.10. The van der Waals surface area contributed by atoms with Crippen molar-refractivity contribution in [1.29, 1.82) is 0 Å². The van der Waals surface area contributed by atoms with E-state index in [9.17, 15) is 9.59 Å². The molecule has 0 saturated heterocycles. The summed E-state index contributed by atoms with van der Waals surface area (Å²) in [7, 11) is 0. The van der Waals surface area contributed by atoms with Crippen molar-refractivity contribution in [2.24, 2.45) is 29.4 Å². The number of carbonyl (C=O) groups excluding carboxylic acids is 1. The second kappa shape index (κ2) is 4.78. The van der Waals surface area contributed by atoms with E-state index in [-0.39, 0.29) is 29.8 Å². The summed E-state index contributed by atoms with van der Waals surface area (Å²) < 4.78 is 0. The van der Waals surface area contributed by atoms with E-state index in [1.807, 2.05) is 0 Å². The van der Waals surface area contributed by atoms with Gasteiger partial charge in [0.25, 0.3) is 0 Å². The number of carboxylic acid groups (broad SMARTS) is 1. The highest BCUT2D eigenvalue weighted by Crippen LogP contribution is 2.47. The molecule has 5 heteroatoms. The highest BCUT2D eigenvalue weighted by molar-refractivity contribution is 5.81.